The SMILES string of the molecule is Cc1ccccc1OCCCC(=O)Nc1ccc2c(c1)n(C)c(=O)n2C. The summed E-state index contributed by atoms with van der Waals surface area (Å²) in [5, 5.41) is 2.88. The first-order chi connectivity index (χ1) is 12.5. The fourth-order valence-electron chi connectivity index (χ4n) is 2.94. The quantitative estimate of drug-likeness (QED) is 0.693. The molecule has 0 unspecified atom stereocenters. The molecule has 6 heteroatoms. The number of fused-ring (bicyclic) bond motifs is 1. The van der Waals surface area contributed by atoms with Crippen LogP contribution < -0.4 is 15.7 Å². The highest BCUT2D eigenvalue weighted by molar-refractivity contribution is 5.93. The van der Waals surface area contributed by atoms with Gasteiger partial charge in [-0.25, -0.2) is 4.79 Å². The Hall–Kier alpha value is -3.02. The minimum Gasteiger partial charge on any atom is -0.493 e. The number of aromatic nitrogens is 2. The van der Waals surface area contributed by atoms with Crippen LogP contribution >= 0.6 is 0 Å². The van der Waals surface area contributed by atoms with Gasteiger partial charge in [-0.15, -0.1) is 0 Å². The second-order valence-electron chi connectivity index (χ2n) is 6.37. The lowest BCUT2D eigenvalue weighted by molar-refractivity contribution is -0.116. The number of hydrogen-bond donors (Lipinski definition) is 1. The number of anilines is 1. The molecule has 0 aliphatic rings. The Bertz CT molecular complexity index is 1000. The predicted molar refractivity (Wildman–Crippen MR) is 103 cm³/mol. The maximum absolute atomic E-state index is 12.1. The van der Waals surface area contributed by atoms with Gasteiger partial charge in [-0.1, -0.05) is 18.2 Å². The molecule has 0 bridgehead atoms. The fraction of sp³-hybridized carbons (Fsp3) is 0.300. The van der Waals surface area contributed by atoms with Crippen molar-refractivity contribution in [3.8, 4) is 5.75 Å². The molecule has 0 saturated heterocycles. The minimum absolute atomic E-state index is 0.0707. The number of nitrogens with one attached hydrogen (secondary N) is 1. The fourth-order valence-corrected chi connectivity index (χ4v) is 2.94. The average Bonchev–Trinajstić information content (AvgIpc) is 2.84. The largest absolute Gasteiger partial charge is 0.493 e. The van der Waals surface area contributed by atoms with Gasteiger partial charge in [-0.05, 0) is 43.2 Å². The summed E-state index contributed by atoms with van der Waals surface area (Å²) in [6.45, 7) is 2.49. The number of amides is 1. The summed E-state index contributed by atoms with van der Waals surface area (Å²) in [6.07, 6.45) is 1.00. The van der Waals surface area contributed by atoms with E-state index in [-0.39, 0.29) is 11.6 Å². The van der Waals surface area contributed by atoms with Crippen LogP contribution in [0.5, 0.6) is 5.75 Å². The van der Waals surface area contributed by atoms with E-state index in [0.717, 1.165) is 22.3 Å². The van der Waals surface area contributed by atoms with E-state index in [2.05, 4.69) is 5.32 Å². The van der Waals surface area contributed by atoms with Crippen LogP contribution in [0.4, 0.5) is 5.69 Å². The van der Waals surface area contributed by atoms with Gasteiger partial charge in [0.25, 0.3) is 0 Å². The van der Waals surface area contributed by atoms with Gasteiger partial charge in [0.2, 0.25) is 5.91 Å². The number of aryl methyl sites for hydroxylation is 3. The number of rotatable bonds is 6. The molecule has 136 valence electrons. The van der Waals surface area contributed by atoms with Crippen molar-refractivity contribution < 1.29 is 9.53 Å². The number of ether oxygens (including phenoxy) is 1. The molecular weight excluding hydrogens is 330 g/mol. The first-order valence-electron chi connectivity index (χ1n) is 8.61. The van der Waals surface area contributed by atoms with E-state index in [1.165, 1.54) is 0 Å². The molecule has 3 aromatic rings. The molecule has 1 N–H and O–H groups in total. The monoisotopic (exact) mass is 353 g/mol. The van der Waals surface area contributed by atoms with Gasteiger partial charge < -0.3 is 10.1 Å². The van der Waals surface area contributed by atoms with Gasteiger partial charge in [-0.3, -0.25) is 13.9 Å². The van der Waals surface area contributed by atoms with Crippen LogP contribution in [-0.2, 0) is 18.9 Å². The van der Waals surface area contributed by atoms with E-state index in [9.17, 15) is 9.59 Å². The van der Waals surface area contributed by atoms with Gasteiger partial charge in [0.1, 0.15) is 5.75 Å². The van der Waals surface area contributed by atoms with E-state index in [1.54, 1.807) is 23.2 Å². The smallest absolute Gasteiger partial charge is 0.328 e. The third kappa shape index (κ3) is 3.64. The average molecular weight is 353 g/mol. The molecule has 6 nitrogen and oxygen atoms in total. The van der Waals surface area contributed by atoms with Crippen molar-refractivity contribution in [2.75, 3.05) is 11.9 Å². The third-order valence-electron chi connectivity index (χ3n) is 4.46. The van der Waals surface area contributed by atoms with Crippen molar-refractivity contribution in [2.45, 2.75) is 19.8 Å². The number of benzene rings is 2. The van der Waals surface area contributed by atoms with Crippen molar-refractivity contribution in [3.63, 3.8) is 0 Å². The lowest BCUT2D eigenvalue weighted by atomic mass is 10.2. The maximum atomic E-state index is 12.1. The van der Waals surface area contributed by atoms with Gasteiger partial charge in [-0.2, -0.15) is 0 Å². The Morgan fingerprint density at radius 2 is 1.81 bits per heavy atom. The number of nitrogens with zero attached hydrogens (tertiary/aromatic N) is 2. The van der Waals surface area contributed by atoms with Crippen LogP contribution in [0.1, 0.15) is 18.4 Å². The Kier molecular flexibility index (Phi) is 5.11. The molecule has 0 atom stereocenters. The topological polar surface area (TPSA) is 65.3 Å². The lowest BCUT2D eigenvalue weighted by Crippen LogP contribution is -2.19. The summed E-state index contributed by atoms with van der Waals surface area (Å²) in [4.78, 5) is 24.1. The summed E-state index contributed by atoms with van der Waals surface area (Å²) in [7, 11) is 3.45. The van der Waals surface area contributed by atoms with E-state index < -0.39 is 0 Å². The Morgan fingerprint density at radius 3 is 2.58 bits per heavy atom. The number of para-hydroxylation sites is 1. The van der Waals surface area contributed by atoms with Crippen LogP contribution in [0.25, 0.3) is 11.0 Å². The van der Waals surface area contributed by atoms with Gasteiger partial charge in [0.15, 0.2) is 0 Å². The highest BCUT2D eigenvalue weighted by atomic mass is 16.5. The number of imidazole rings is 1. The standard InChI is InChI=1S/C20H23N3O3/c1-14-7-4-5-8-18(14)26-12-6-9-19(24)21-15-10-11-16-17(13-15)23(3)20(25)22(16)2/h4-5,7-8,10-11,13H,6,9,12H2,1-3H3,(H,21,24). The Morgan fingerprint density at radius 1 is 1.08 bits per heavy atom. The summed E-state index contributed by atoms with van der Waals surface area (Å²) < 4.78 is 8.86. The van der Waals surface area contributed by atoms with Crippen molar-refractivity contribution in [1.82, 2.24) is 9.13 Å². The van der Waals surface area contributed by atoms with Gasteiger partial charge in [0.05, 0.1) is 17.6 Å². The van der Waals surface area contributed by atoms with Crippen molar-refractivity contribution >= 4 is 22.6 Å². The molecule has 1 amide bonds. The van der Waals surface area contributed by atoms with E-state index in [1.807, 2.05) is 49.4 Å². The van der Waals surface area contributed by atoms with Crippen LogP contribution in [0.3, 0.4) is 0 Å². The van der Waals surface area contributed by atoms with E-state index >= 15 is 0 Å². The van der Waals surface area contributed by atoms with Crippen LogP contribution in [-0.4, -0.2) is 21.6 Å². The Labute approximate surface area is 152 Å². The van der Waals surface area contributed by atoms with Crippen molar-refractivity contribution in [3.05, 3.63) is 58.5 Å². The highest BCUT2D eigenvalue weighted by Crippen LogP contribution is 2.18. The molecule has 2 aromatic carbocycles. The van der Waals surface area contributed by atoms with E-state index in [0.29, 0.717) is 25.1 Å². The molecule has 0 aliphatic heterocycles. The zero-order valence-corrected chi connectivity index (χ0v) is 15.3. The highest BCUT2D eigenvalue weighted by Gasteiger charge is 2.09. The number of carbonyl (C=O) groups is 1. The van der Waals surface area contributed by atoms with Crippen LogP contribution in [0.15, 0.2) is 47.3 Å². The lowest BCUT2D eigenvalue weighted by Gasteiger charge is -2.09. The molecule has 0 saturated carbocycles. The van der Waals surface area contributed by atoms with Gasteiger partial charge in [0, 0.05) is 26.2 Å². The van der Waals surface area contributed by atoms with Crippen LogP contribution in [0, 0.1) is 6.92 Å². The third-order valence-corrected chi connectivity index (χ3v) is 4.46. The van der Waals surface area contributed by atoms with Crippen molar-refractivity contribution in [1.29, 1.82) is 0 Å². The number of hydrogen-bond acceptors (Lipinski definition) is 3. The molecule has 0 aliphatic carbocycles. The molecule has 1 heterocycles. The second kappa shape index (κ2) is 7.47. The van der Waals surface area contributed by atoms with E-state index in [4.69, 9.17) is 4.74 Å². The summed E-state index contributed by atoms with van der Waals surface area (Å²) in [5.74, 6) is 0.780. The normalized spacial score (nSPS) is 10.9. The first kappa shape index (κ1) is 17.8. The summed E-state index contributed by atoms with van der Waals surface area (Å²) >= 11 is 0. The molecule has 0 spiro atoms. The zero-order chi connectivity index (χ0) is 18.7. The molecular formula is C20H23N3O3. The second-order valence-corrected chi connectivity index (χ2v) is 6.37. The molecule has 26 heavy (non-hydrogen) atoms. The Balaban J connectivity index is 1.55. The molecule has 1 aromatic heterocycles. The molecule has 3 rings (SSSR count). The zero-order valence-electron chi connectivity index (χ0n) is 15.3. The molecule has 0 fully saturated rings. The minimum atomic E-state index is -0.0863. The van der Waals surface area contributed by atoms with Crippen molar-refractivity contribution in [2.24, 2.45) is 14.1 Å². The maximum Gasteiger partial charge on any atom is 0.328 e. The summed E-state index contributed by atoms with van der Waals surface area (Å²) in [6, 6.07) is 13.3. The number of carbonyl (C=O) groups excluding carboxylic acids is 1. The summed E-state index contributed by atoms with van der Waals surface area (Å²) in [5.41, 5.74) is 3.30. The first-order valence-corrected chi connectivity index (χ1v) is 8.61. The van der Waals surface area contributed by atoms with Gasteiger partial charge >= 0.3 is 5.69 Å². The predicted octanol–water partition coefficient (Wildman–Crippen LogP) is 2.98. The molecule has 0 radical (unpaired) electrons. The van der Waals surface area contributed by atoms with Crippen LogP contribution in [0.2, 0.25) is 0 Å².